The summed E-state index contributed by atoms with van der Waals surface area (Å²) in [5, 5.41) is 3.89. The summed E-state index contributed by atoms with van der Waals surface area (Å²) in [5.41, 5.74) is 1.54. The van der Waals surface area contributed by atoms with Crippen LogP contribution >= 0.6 is 34.8 Å². The number of para-hydroxylation sites is 1. The Balaban J connectivity index is 2.10. The number of rotatable bonds is 12. The molecular weight excluding hydrogens is 593 g/mol. The number of carbonyl (C=O) groups excluding carboxylic acids is 2. The number of nitrogens with zero attached hydrogens (tertiary/aromatic N) is 2. The maximum Gasteiger partial charge on any atom is 0.244 e. The number of nitrogens with one attached hydrogen (secondary N) is 1. The van der Waals surface area contributed by atoms with Crippen molar-refractivity contribution in [3.05, 3.63) is 99.0 Å². The molecule has 2 amide bonds. The number of anilines is 1. The monoisotopic (exact) mass is 623 g/mol. The zero-order valence-corrected chi connectivity index (χ0v) is 25.6. The van der Waals surface area contributed by atoms with Gasteiger partial charge < -0.3 is 10.2 Å². The first-order valence-electron chi connectivity index (χ1n) is 12.7. The van der Waals surface area contributed by atoms with Crippen LogP contribution in [0.2, 0.25) is 15.1 Å². The zero-order chi connectivity index (χ0) is 29.4. The third kappa shape index (κ3) is 8.61. The van der Waals surface area contributed by atoms with Crippen LogP contribution in [0.4, 0.5) is 5.69 Å². The van der Waals surface area contributed by atoms with Crippen molar-refractivity contribution in [3.63, 3.8) is 0 Å². The Morgan fingerprint density at radius 2 is 1.57 bits per heavy atom. The molecule has 0 bridgehead atoms. The Morgan fingerprint density at radius 1 is 0.925 bits per heavy atom. The maximum absolute atomic E-state index is 14.1. The van der Waals surface area contributed by atoms with Crippen molar-refractivity contribution in [2.75, 3.05) is 17.1 Å². The van der Waals surface area contributed by atoms with E-state index in [9.17, 15) is 18.0 Å². The molecule has 0 spiro atoms. The van der Waals surface area contributed by atoms with Gasteiger partial charge in [-0.15, -0.1) is 0 Å². The van der Waals surface area contributed by atoms with Gasteiger partial charge in [0.05, 0.1) is 17.0 Å². The fraction of sp³-hybridized carbons (Fsp3) is 0.310. The van der Waals surface area contributed by atoms with E-state index in [1.54, 1.807) is 36.4 Å². The lowest BCUT2D eigenvalue weighted by molar-refractivity contribution is -0.140. The highest BCUT2D eigenvalue weighted by Gasteiger charge is 2.34. The third-order valence-corrected chi connectivity index (χ3v) is 8.46. The van der Waals surface area contributed by atoms with E-state index in [0.29, 0.717) is 22.0 Å². The van der Waals surface area contributed by atoms with Crippen molar-refractivity contribution in [2.45, 2.75) is 45.3 Å². The fourth-order valence-electron chi connectivity index (χ4n) is 4.08. The van der Waals surface area contributed by atoms with E-state index in [-0.39, 0.29) is 35.6 Å². The number of halogens is 3. The Hall–Kier alpha value is -2.78. The Bertz CT molecular complexity index is 1440. The summed E-state index contributed by atoms with van der Waals surface area (Å²) in [6, 6.07) is 19.4. The molecule has 2 atom stereocenters. The lowest BCUT2D eigenvalue weighted by Gasteiger charge is -2.34. The second-order valence-electron chi connectivity index (χ2n) is 9.50. The molecule has 0 radical (unpaired) electrons. The molecule has 0 saturated carbocycles. The first-order valence-corrected chi connectivity index (χ1v) is 15.7. The molecule has 40 heavy (non-hydrogen) atoms. The highest BCUT2D eigenvalue weighted by Crippen LogP contribution is 2.28. The average molecular weight is 625 g/mol. The molecule has 0 heterocycles. The summed E-state index contributed by atoms with van der Waals surface area (Å²) in [7, 11) is -3.93. The molecule has 3 aromatic rings. The second kappa shape index (κ2) is 14.2. The van der Waals surface area contributed by atoms with Crippen LogP contribution in [0.25, 0.3) is 0 Å². The molecule has 0 aliphatic carbocycles. The molecule has 1 N–H and O–H groups in total. The van der Waals surface area contributed by atoms with Gasteiger partial charge in [0.2, 0.25) is 21.8 Å². The molecule has 7 nitrogen and oxygen atoms in total. The Morgan fingerprint density at radius 3 is 2.17 bits per heavy atom. The van der Waals surface area contributed by atoms with E-state index in [4.69, 9.17) is 34.8 Å². The van der Waals surface area contributed by atoms with E-state index < -0.39 is 28.5 Å². The van der Waals surface area contributed by atoms with Gasteiger partial charge in [-0.2, -0.15) is 0 Å². The molecule has 0 aliphatic rings. The average Bonchev–Trinajstić information content (AvgIpc) is 2.90. The molecular formula is C29H32Cl3N3O4S. The van der Waals surface area contributed by atoms with Crippen LogP contribution in [0.15, 0.2) is 72.8 Å². The van der Waals surface area contributed by atoms with Crippen molar-refractivity contribution in [1.82, 2.24) is 10.2 Å². The predicted octanol–water partition coefficient (Wildman–Crippen LogP) is 5.97. The van der Waals surface area contributed by atoms with Crippen LogP contribution in [0.3, 0.4) is 0 Å². The third-order valence-electron chi connectivity index (χ3n) is 6.43. The van der Waals surface area contributed by atoms with Gasteiger partial charge in [0.15, 0.2) is 0 Å². The summed E-state index contributed by atoms with van der Waals surface area (Å²) in [6.45, 7) is 3.19. The van der Waals surface area contributed by atoms with Gasteiger partial charge in [-0.05, 0) is 48.7 Å². The predicted molar refractivity (Wildman–Crippen MR) is 162 cm³/mol. The van der Waals surface area contributed by atoms with Crippen molar-refractivity contribution in [1.29, 1.82) is 0 Å². The zero-order valence-electron chi connectivity index (χ0n) is 22.5. The Kier molecular flexibility index (Phi) is 11.3. The minimum absolute atomic E-state index is 0.0552. The summed E-state index contributed by atoms with van der Waals surface area (Å²) in [4.78, 5) is 29.1. The van der Waals surface area contributed by atoms with Gasteiger partial charge in [-0.3, -0.25) is 13.9 Å². The van der Waals surface area contributed by atoms with Crippen molar-refractivity contribution >= 4 is 62.3 Å². The maximum atomic E-state index is 14.1. The van der Waals surface area contributed by atoms with Crippen LogP contribution in [-0.2, 0) is 32.6 Å². The normalized spacial score (nSPS) is 12.8. The fourth-order valence-corrected chi connectivity index (χ4v) is 5.69. The SMILES string of the molecule is CC[C@H](C)NC(=O)[C@@H](Cc1ccccc1)N(Cc1ccc(Cl)cc1Cl)C(=O)CN(c1ccccc1Cl)S(C)(=O)=O. The minimum Gasteiger partial charge on any atom is -0.352 e. The van der Waals surface area contributed by atoms with E-state index >= 15 is 0 Å². The second-order valence-corrected chi connectivity index (χ2v) is 12.7. The molecule has 0 aliphatic heterocycles. The molecule has 0 fully saturated rings. The molecule has 3 rings (SSSR count). The number of benzene rings is 3. The molecule has 214 valence electrons. The minimum atomic E-state index is -3.93. The van der Waals surface area contributed by atoms with Crippen molar-refractivity contribution < 1.29 is 18.0 Å². The summed E-state index contributed by atoms with van der Waals surface area (Å²) >= 11 is 18.9. The van der Waals surface area contributed by atoms with Crippen LogP contribution in [-0.4, -0.2) is 50.0 Å². The highest BCUT2D eigenvalue weighted by atomic mass is 35.5. The lowest BCUT2D eigenvalue weighted by Crippen LogP contribution is -2.54. The van der Waals surface area contributed by atoms with Gasteiger partial charge >= 0.3 is 0 Å². The number of carbonyl (C=O) groups is 2. The molecule has 0 aromatic heterocycles. The lowest BCUT2D eigenvalue weighted by atomic mass is 10.0. The quantitative estimate of drug-likeness (QED) is 0.269. The first kappa shape index (κ1) is 31.7. The van der Waals surface area contributed by atoms with Gasteiger partial charge in [0.1, 0.15) is 12.6 Å². The van der Waals surface area contributed by atoms with Crippen molar-refractivity contribution in [3.8, 4) is 0 Å². The number of amides is 2. The largest absolute Gasteiger partial charge is 0.352 e. The van der Waals surface area contributed by atoms with E-state index in [0.717, 1.165) is 16.1 Å². The summed E-state index contributed by atoms with van der Waals surface area (Å²) < 4.78 is 26.7. The first-order chi connectivity index (χ1) is 18.9. The number of hydrogen-bond donors (Lipinski definition) is 1. The Labute approximate surface area is 251 Å². The van der Waals surface area contributed by atoms with E-state index in [2.05, 4.69) is 5.32 Å². The van der Waals surface area contributed by atoms with Crippen LogP contribution in [0.5, 0.6) is 0 Å². The van der Waals surface area contributed by atoms with E-state index in [1.807, 2.05) is 44.2 Å². The topological polar surface area (TPSA) is 86.8 Å². The van der Waals surface area contributed by atoms with Gasteiger partial charge in [-0.1, -0.05) is 90.3 Å². The summed E-state index contributed by atoms with van der Waals surface area (Å²) in [5.74, 6) is -0.961. The standard InChI is InChI=1S/C29H32Cl3N3O4S/c1-4-20(2)33-29(37)27(16-21-10-6-5-7-11-21)34(18-22-14-15-23(30)17-25(22)32)28(36)19-35(40(3,38)39)26-13-9-8-12-24(26)31/h5-15,17,20,27H,4,16,18-19H2,1-3H3,(H,33,37)/t20-,27+/m0/s1. The molecule has 11 heteroatoms. The molecule has 0 saturated heterocycles. The van der Waals surface area contributed by atoms with Gasteiger partial charge in [0.25, 0.3) is 0 Å². The highest BCUT2D eigenvalue weighted by molar-refractivity contribution is 7.92. The van der Waals surface area contributed by atoms with E-state index in [1.165, 1.54) is 11.0 Å². The number of sulfonamides is 1. The van der Waals surface area contributed by atoms with Crippen molar-refractivity contribution in [2.24, 2.45) is 0 Å². The van der Waals surface area contributed by atoms with Gasteiger partial charge in [0, 0.05) is 29.1 Å². The smallest absolute Gasteiger partial charge is 0.244 e. The van der Waals surface area contributed by atoms with Crippen LogP contribution < -0.4 is 9.62 Å². The van der Waals surface area contributed by atoms with Crippen LogP contribution in [0.1, 0.15) is 31.4 Å². The number of hydrogen-bond acceptors (Lipinski definition) is 4. The van der Waals surface area contributed by atoms with Gasteiger partial charge in [-0.25, -0.2) is 8.42 Å². The summed E-state index contributed by atoms with van der Waals surface area (Å²) in [6.07, 6.45) is 1.89. The molecule has 0 unspecified atom stereocenters. The van der Waals surface area contributed by atoms with Crippen LogP contribution in [0, 0.1) is 0 Å². The molecule has 3 aromatic carbocycles.